The van der Waals surface area contributed by atoms with Crippen molar-refractivity contribution >= 4 is 33.2 Å². The summed E-state index contributed by atoms with van der Waals surface area (Å²) in [7, 11) is -1.00. The number of hydrogen-bond donors (Lipinski definition) is 1. The Morgan fingerprint density at radius 2 is 1.61 bits per heavy atom. The molecule has 0 saturated heterocycles. The van der Waals surface area contributed by atoms with E-state index in [1.165, 1.54) is 31.4 Å². The van der Waals surface area contributed by atoms with Crippen molar-refractivity contribution in [2.45, 2.75) is 24.8 Å². The topological polar surface area (TPSA) is 94.2 Å². The van der Waals surface area contributed by atoms with E-state index in [-0.39, 0.29) is 4.90 Å². The third-order valence-electron chi connectivity index (χ3n) is 5.41. The Balaban J connectivity index is 1.88. The van der Waals surface area contributed by atoms with Crippen LogP contribution in [0.3, 0.4) is 0 Å². The predicted molar refractivity (Wildman–Crippen MR) is 140 cm³/mol. The lowest BCUT2D eigenvalue weighted by Crippen LogP contribution is -2.41. The van der Waals surface area contributed by atoms with Gasteiger partial charge in [0.25, 0.3) is 10.0 Å². The van der Waals surface area contributed by atoms with Gasteiger partial charge in [-0.3, -0.25) is 9.10 Å². The average molecular weight is 533 g/mol. The number of amides is 1. The molecule has 8 nitrogen and oxygen atoms in total. The zero-order chi connectivity index (χ0) is 26.3. The first kappa shape index (κ1) is 27.2. The first-order valence-electron chi connectivity index (χ1n) is 11.2. The van der Waals surface area contributed by atoms with Crippen molar-refractivity contribution in [1.82, 2.24) is 5.32 Å². The third-order valence-corrected chi connectivity index (χ3v) is 7.45. The first-order valence-corrected chi connectivity index (χ1v) is 13.0. The van der Waals surface area contributed by atoms with Gasteiger partial charge < -0.3 is 19.5 Å². The second-order valence-electron chi connectivity index (χ2n) is 7.80. The number of nitrogens with zero attached hydrogens (tertiary/aromatic N) is 1. The molecule has 10 heteroatoms. The van der Waals surface area contributed by atoms with Gasteiger partial charge in [-0.05, 0) is 80.1 Å². The van der Waals surface area contributed by atoms with Gasteiger partial charge >= 0.3 is 0 Å². The Morgan fingerprint density at radius 1 is 0.972 bits per heavy atom. The highest BCUT2D eigenvalue weighted by atomic mass is 35.5. The highest BCUT2D eigenvalue weighted by molar-refractivity contribution is 7.92. The minimum atomic E-state index is -4.07. The summed E-state index contributed by atoms with van der Waals surface area (Å²) in [6, 6.07) is 17.2. The second-order valence-corrected chi connectivity index (χ2v) is 10.1. The summed E-state index contributed by atoms with van der Waals surface area (Å²) in [4.78, 5) is 13.1. The Kier molecular flexibility index (Phi) is 9.06. The molecule has 0 aliphatic rings. The molecule has 3 aromatic rings. The van der Waals surface area contributed by atoms with Crippen LogP contribution < -0.4 is 23.8 Å². The number of carbonyl (C=O) groups is 1. The zero-order valence-corrected chi connectivity index (χ0v) is 22.1. The van der Waals surface area contributed by atoms with Gasteiger partial charge in [-0.15, -0.1) is 0 Å². The number of methoxy groups -OCH3 is 2. The van der Waals surface area contributed by atoms with Crippen LogP contribution in [0.2, 0.25) is 5.02 Å². The first-order chi connectivity index (χ1) is 17.2. The van der Waals surface area contributed by atoms with Crippen LogP contribution in [-0.4, -0.2) is 41.7 Å². The van der Waals surface area contributed by atoms with Crippen LogP contribution >= 0.6 is 11.6 Å². The highest BCUT2D eigenvalue weighted by Crippen LogP contribution is 2.30. The van der Waals surface area contributed by atoms with E-state index < -0.39 is 28.5 Å². The number of anilines is 1. The normalized spacial score (nSPS) is 11.9. The Bertz CT molecular complexity index is 1280. The molecule has 1 atom stereocenters. The van der Waals surface area contributed by atoms with Crippen molar-refractivity contribution in [3.05, 3.63) is 77.3 Å². The smallest absolute Gasteiger partial charge is 0.264 e. The van der Waals surface area contributed by atoms with Crippen molar-refractivity contribution in [3.63, 3.8) is 0 Å². The third kappa shape index (κ3) is 6.41. The number of hydrogen-bond acceptors (Lipinski definition) is 6. The van der Waals surface area contributed by atoms with E-state index in [0.717, 1.165) is 9.87 Å². The van der Waals surface area contributed by atoms with Crippen LogP contribution in [0.4, 0.5) is 5.69 Å². The van der Waals surface area contributed by atoms with Crippen LogP contribution in [0.1, 0.15) is 25.5 Å². The molecule has 36 heavy (non-hydrogen) atoms. The number of sulfonamides is 1. The SMILES string of the molecule is CCOc1ccc(N(CC(=O)NC(C)c2ccc(OC)c(OC)c2)S(=O)(=O)c2ccc(Cl)cc2)cc1. The van der Waals surface area contributed by atoms with E-state index in [9.17, 15) is 13.2 Å². The summed E-state index contributed by atoms with van der Waals surface area (Å²) >= 11 is 5.94. The summed E-state index contributed by atoms with van der Waals surface area (Å²) in [5.74, 6) is 1.20. The monoisotopic (exact) mass is 532 g/mol. The molecule has 1 unspecified atom stereocenters. The predicted octanol–water partition coefficient (Wildman–Crippen LogP) is 4.83. The van der Waals surface area contributed by atoms with Gasteiger partial charge in [0.15, 0.2) is 11.5 Å². The molecule has 0 bridgehead atoms. The lowest BCUT2D eigenvalue weighted by atomic mass is 10.1. The second kappa shape index (κ2) is 12.0. The van der Waals surface area contributed by atoms with Crippen LogP contribution in [0, 0.1) is 0 Å². The number of carbonyl (C=O) groups excluding carboxylic acids is 1. The molecular formula is C26H29ClN2O6S. The number of ether oxygens (including phenoxy) is 3. The van der Waals surface area contributed by atoms with E-state index in [1.807, 2.05) is 6.92 Å². The Morgan fingerprint density at radius 3 is 2.19 bits per heavy atom. The van der Waals surface area contributed by atoms with E-state index >= 15 is 0 Å². The van der Waals surface area contributed by atoms with E-state index in [1.54, 1.807) is 56.5 Å². The lowest BCUT2D eigenvalue weighted by molar-refractivity contribution is -0.120. The van der Waals surface area contributed by atoms with Gasteiger partial charge in [0.1, 0.15) is 12.3 Å². The largest absolute Gasteiger partial charge is 0.494 e. The van der Waals surface area contributed by atoms with Gasteiger partial charge in [0.05, 0.1) is 37.5 Å². The number of benzene rings is 3. The van der Waals surface area contributed by atoms with Gasteiger partial charge in [-0.2, -0.15) is 0 Å². The number of nitrogens with one attached hydrogen (secondary N) is 1. The molecule has 0 aromatic heterocycles. The molecule has 0 spiro atoms. The Hall–Kier alpha value is -3.43. The van der Waals surface area contributed by atoms with Crippen LogP contribution in [-0.2, 0) is 14.8 Å². The standard InChI is InChI=1S/C26H29ClN2O6S/c1-5-35-22-11-9-21(10-12-22)29(36(31,32)23-13-7-20(27)8-14-23)17-26(30)28-18(2)19-6-15-24(33-3)25(16-19)34-4/h6-16,18H,5,17H2,1-4H3,(H,28,30). The average Bonchev–Trinajstić information content (AvgIpc) is 2.87. The fourth-order valence-corrected chi connectivity index (χ4v) is 5.09. The summed E-state index contributed by atoms with van der Waals surface area (Å²) in [5.41, 5.74) is 1.09. The van der Waals surface area contributed by atoms with Crippen molar-refractivity contribution in [1.29, 1.82) is 0 Å². The molecule has 0 aliphatic heterocycles. The molecule has 192 valence electrons. The van der Waals surface area contributed by atoms with E-state index in [2.05, 4.69) is 5.32 Å². The molecule has 3 aromatic carbocycles. The van der Waals surface area contributed by atoms with E-state index in [4.69, 9.17) is 25.8 Å². The van der Waals surface area contributed by atoms with Crippen molar-refractivity contribution in [3.8, 4) is 17.2 Å². The van der Waals surface area contributed by atoms with Gasteiger partial charge in [0, 0.05) is 5.02 Å². The maximum Gasteiger partial charge on any atom is 0.264 e. The molecule has 0 aliphatic carbocycles. The van der Waals surface area contributed by atoms with Crippen molar-refractivity contribution < 1.29 is 27.4 Å². The summed E-state index contributed by atoms with van der Waals surface area (Å²) < 4.78 is 44.2. The van der Waals surface area contributed by atoms with E-state index in [0.29, 0.717) is 34.6 Å². The molecule has 0 heterocycles. The van der Waals surface area contributed by atoms with Gasteiger partial charge in [0.2, 0.25) is 5.91 Å². The molecular weight excluding hydrogens is 504 g/mol. The highest BCUT2D eigenvalue weighted by Gasteiger charge is 2.28. The molecule has 0 saturated carbocycles. The lowest BCUT2D eigenvalue weighted by Gasteiger charge is -2.25. The fourth-order valence-electron chi connectivity index (χ4n) is 3.55. The summed E-state index contributed by atoms with van der Waals surface area (Å²) in [6.07, 6.45) is 0. The van der Waals surface area contributed by atoms with Crippen LogP contribution in [0.25, 0.3) is 0 Å². The van der Waals surface area contributed by atoms with Gasteiger partial charge in [-0.25, -0.2) is 8.42 Å². The maximum atomic E-state index is 13.5. The minimum Gasteiger partial charge on any atom is -0.494 e. The fraction of sp³-hybridized carbons (Fsp3) is 0.269. The molecule has 1 amide bonds. The van der Waals surface area contributed by atoms with Gasteiger partial charge in [-0.1, -0.05) is 17.7 Å². The zero-order valence-electron chi connectivity index (χ0n) is 20.5. The summed E-state index contributed by atoms with van der Waals surface area (Å²) in [6.45, 7) is 3.70. The minimum absolute atomic E-state index is 0.0153. The van der Waals surface area contributed by atoms with Crippen molar-refractivity contribution in [2.24, 2.45) is 0 Å². The van der Waals surface area contributed by atoms with Crippen molar-refractivity contribution in [2.75, 3.05) is 31.7 Å². The number of halogens is 1. The summed E-state index contributed by atoms with van der Waals surface area (Å²) in [5, 5.41) is 3.27. The Labute approximate surface area is 216 Å². The molecule has 3 rings (SSSR count). The quantitative estimate of drug-likeness (QED) is 0.380. The van der Waals surface area contributed by atoms with Crippen LogP contribution in [0.15, 0.2) is 71.6 Å². The number of rotatable bonds is 11. The maximum absolute atomic E-state index is 13.5. The molecule has 1 N–H and O–H groups in total. The molecule has 0 radical (unpaired) electrons. The van der Waals surface area contributed by atoms with Crippen LogP contribution in [0.5, 0.6) is 17.2 Å². The molecule has 0 fully saturated rings.